The summed E-state index contributed by atoms with van der Waals surface area (Å²) < 4.78 is 168. The summed E-state index contributed by atoms with van der Waals surface area (Å²) in [4.78, 5) is 12.2. The van der Waals surface area contributed by atoms with Crippen molar-refractivity contribution in [3.05, 3.63) is 0 Å². The maximum absolute atomic E-state index is 13.7. The van der Waals surface area contributed by atoms with Gasteiger partial charge in [-0.05, 0) is 14.1 Å². The van der Waals surface area contributed by atoms with Gasteiger partial charge >= 0.3 is 30.4 Å². The minimum atomic E-state index is -7.80. The van der Waals surface area contributed by atoms with E-state index < -0.39 is 54.8 Å². The van der Waals surface area contributed by atoms with Crippen molar-refractivity contribution in [3.63, 3.8) is 0 Å². The van der Waals surface area contributed by atoms with Crippen LogP contribution >= 0.6 is 0 Å². The van der Waals surface area contributed by atoms with Crippen LogP contribution in [0.5, 0.6) is 0 Å². The molecule has 0 aliphatic carbocycles. The SMILES string of the molecule is CN(C)CNC(=O)CC(C(F)(F)F)(C(F)(F)F)C(F)(F)C(F)(F)C(F)(F)F. The van der Waals surface area contributed by atoms with Crippen LogP contribution in [0, 0.1) is 5.41 Å². The summed E-state index contributed by atoms with van der Waals surface area (Å²) in [6, 6.07) is 0. The number of halogens is 13. The monoisotopic (exact) mass is 434 g/mol. The second kappa shape index (κ2) is 7.16. The van der Waals surface area contributed by atoms with E-state index in [0.717, 1.165) is 19.0 Å². The summed E-state index contributed by atoms with van der Waals surface area (Å²) in [5, 5.41) is 1.27. The normalized spacial score (nSPS) is 15.3. The van der Waals surface area contributed by atoms with Crippen molar-refractivity contribution in [1.29, 1.82) is 0 Å². The summed E-state index contributed by atoms with van der Waals surface area (Å²) in [6.45, 7) is -0.814. The molecular weight excluding hydrogens is 423 g/mol. The summed E-state index contributed by atoms with van der Waals surface area (Å²) in [7, 11) is 2.24. The predicted molar refractivity (Wildman–Crippen MR) is 61.8 cm³/mol. The molecule has 0 atom stereocenters. The lowest BCUT2D eigenvalue weighted by Crippen LogP contribution is -2.71. The molecule has 0 bridgehead atoms. The third kappa shape index (κ3) is 4.34. The molecule has 0 unspecified atom stereocenters. The highest BCUT2D eigenvalue weighted by Crippen LogP contribution is 2.66. The van der Waals surface area contributed by atoms with Crippen LogP contribution in [-0.4, -0.2) is 61.9 Å². The Morgan fingerprint density at radius 1 is 0.704 bits per heavy atom. The molecule has 0 spiro atoms. The maximum Gasteiger partial charge on any atom is 0.459 e. The van der Waals surface area contributed by atoms with Gasteiger partial charge in [-0.2, -0.15) is 57.1 Å². The molecule has 0 heterocycles. The summed E-state index contributed by atoms with van der Waals surface area (Å²) in [6.07, 6.45) is -25.7. The number of carbonyl (C=O) groups is 1. The van der Waals surface area contributed by atoms with Gasteiger partial charge in [-0.3, -0.25) is 9.69 Å². The molecule has 0 aromatic rings. The predicted octanol–water partition coefficient (Wildman–Crippen LogP) is 3.96. The molecule has 0 aliphatic rings. The Morgan fingerprint density at radius 2 is 1.07 bits per heavy atom. The Hall–Kier alpha value is -1.48. The lowest BCUT2D eigenvalue weighted by atomic mass is 9.73. The minimum absolute atomic E-state index is 0.814. The number of hydrogen-bond acceptors (Lipinski definition) is 2. The molecular formula is C11H11F13N2O. The van der Waals surface area contributed by atoms with Gasteiger partial charge < -0.3 is 5.32 Å². The van der Waals surface area contributed by atoms with Gasteiger partial charge in [0.1, 0.15) is 0 Å². The van der Waals surface area contributed by atoms with Gasteiger partial charge in [-0.25, -0.2) is 0 Å². The van der Waals surface area contributed by atoms with E-state index in [1.807, 2.05) is 0 Å². The van der Waals surface area contributed by atoms with Crippen LogP contribution < -0.4 is 5.32 Å². The average Bonchev–Trinajstić information content (AvgIpc) is 2.37. The van der Waals surface area contributed by atoms with Gasteiger partial charge in [0.05, 0.1) is 13.1 Å². The molecule has 0 saturated carbocycles. The van der Waals surface area contributed by atoms with E-state index in [0.29, 0.717) is 0 Å². The van der Waals surface area contributed by atoms with Crippen molar-refractivity contribution in [2.45, 2.75) is 36.8 Å². The largest absolute Gasteiger partial charge is 0.459 e. The van der Waals surface area contributed by atoms with Gasteiger partial charge in [0.2, 0.25) is 11.3 Å². The molecule has 27 heavy (non-hydrogen) atoms. The number of amides is 1. The summed E-state index contributed by atoms with van der Waals surface area (Å²) in [5.74, 6) is -18.0. The maximum atomic E-state index is 13.7. The van der Waals surface area contributed by atoms with Crippen LogP contribution in [0.3, 0.4) is 0 Å². The van der Waals surface area contributed by atoms with Gasteiger partial charge in [0.25, 0.3) is 0 Å². The van der Waals surface area contributed by atoms with Crippen LogP contribution in [0.1, 0.15) is 6.42 Å². The van der Waals surface area contributed by atoms with Crippen molar-refractivity contribution in [1.82, 2.24) is 10.2 Å². The molecule has 0 aromatic heterocycles. The number of nitrogens with zero attached hydrogens (tertiary/aromatic N) is 1. The fraction of sp³-hybridized carbons (Fsp3) is 0.909. The van der Waals surface area contributed by atoms with Crippen LogP contribution in [0.15, 0.2) is 0 Å². The summed E-state index contributed by atoms with van der Waals surface area (Å²) in [5.41, 5.74) is -7.01. The first-order chi connectivity index (χ1) is 11.6. The van der Waals surface area contributed by atoms with Crippen molar-refractivity contribution < 1.29 is 61.9 Å². The second-order valence-corrected chi connectivity index (χ2v) is 5.56. The Kier molecular flexibility index (Phi) is 6.77. The molecule has 0 fully saturated rings. The average molecular weight is 434 g/mol. The van der Waals surface area contributed by atoms with E-state index in [4.69, 9.17) is 0 Å². The van der Waals surface area contributed by atoms with E-state index in [2.05, 4.69) is 0 Å². The second-order valence-electron chi connectivity index (χ2n) is 5.56. The number of nitrogens with one attached hydrogen (secondary N) is 1. The molecule has 162 valence electrons. The zero-order chi connectivity index (χ0) is 22.3. The third-order valence-electron chi connectivity index (χ3n) is 3.27. The zero-order valence-corrected chi connectivity index (χ0v) is 13.2. The number of rotatable bonds is 6. The molecule has 1 amide bonds. The molecule has 0 radical (unpaired) electrons. The Labute approximate surface area is 142 Å². The van der Waals surface area contributed by atoms with Crippen molar-refractivity contribution in [3.8, 4) is 0 Å². The first-order valence-electron chi connectivity index (χ1n) is 6.43. The standard InChI is InChI=1S/C11H11F13N2O/c1-26(2)4-25-5(27)3-6(9(16,17)18,10(19,20)21)7(12,13)8(14,15)11(22,23)24/h3-4H2,1-2H3,(H,25,27). The molecule has 0 aromatic carbocycles. The zero-order valence-electron chi connectivity index (χ0n) is 13.2. The number of carbonyl (C=O) groups excluding carboxylic acids is 1. The van der Waals surface area contributed by atoms with E-state index in [9.17, 15) is 61.9 Å². The van der Waals surface area contributed by atoms with Crippen LogP contribution in [0.2, 0.25) is 0 Å². The lowest BCUT2D eigenvalue weighted by Gasteiger charge is -2.44. The fourth-order valence-corrected chi connectivity index (χ4v) is 1.82. The highest BCUT2D eigenvalue weighted by Gasteiger charge is 2.92. The summed E-state index contributed by atoms with van der Waals surface area (Å²) >= 11 is 0. The molecule has 0 aliphatic heterocycles. The van der Waals surface area contributed by atoms with Crippen LogP contribution in [-0.2, 0) is 4.79 Å². The first kappa shape index (κ1) is 25.5. The van der Waals surface area contributed by atoms with Gasteiger partial charge in [0.15, 0.2) is 0 Å². The molecule has 1 N–H and O–H groups in total. The fourth-order valence-electron chi connectivity index (χ4n) is 1.82. The van der Waals surface area contributed by atoms with Gasteiger partial charge in [-0.15, -0.1) is 0 Å². The first-order valence-corrected chi connectivity index (χ1v) is 6.43. The quantitative estimate of drug-likeness (QED) is 0.507. The van der Waals surface area contributed by atoms with E-state index >= 15 is 0 Å². The number of hydrogen-bond donors (Lipinski definition) is 1. The van der Waals surface area contributed by atoms with Gasteiger partial charge in [-0.1, -0.05) is 0 Å². The van der Waals surface area contributed by atoms with Crippen LogP contribution in [0.25, 0.3) is 0 Å². The van der Waals surface area contributed by atoms with E-state index in [1.54, 1.807) is 0 Å². The highest BCUT2D eigenvalue weighted by molar-refractivity contribution is 5.77. The Morgan fingerprint density at radius 3 is 1.33 bits per heavy atom. The smallest absolute Gasteiger partial charge is 0.343 e. The van der Waals surface area contributed by atoms with Gasteiger partial charge in [0, 0.05) is 0 Å². The number of alkyl halides is 13. The Balaban J connectivity index is 6.65. The van der Waals surface area contributed by atoms with Crippen molar-refractivity contribution in [2.24, 2.45) is 5.41 Å². The molecule has 0 saturated heterocycles. The third-order valence-corrected chi connectivity index (χ3v) is 3.27. The highest BCUT2D eigenvalue weighted by atomic mass is 19.4. The topological polar surface area (TPSA) is 32.3 Å². The minimum Gasteiger partial charge on any atom is -0.343 e. The Bertz CT molecular complexity index is 518. The van der Waals surface area contributed by atoms with Crippen LogP contribution in [0.4, 0.5) is 57.1 Å². The van der Waals surface area contributed by atoms with Crippen molar-refractivity contribution in [2.75, 3.05) is 20.8 Å². The molecule has 16 heteroatoms. The van der Waals surface area contributed by atoms with E-state index in [1.165, 1.54) is 5.32 Å². The lowest BCUT2D eigenvalue weighted by molar-refractivity contribution is -0.459. The van der Waals surface area contributed by atoms with Crippen molar-refractivity contribution >= 4 is 5.91 Å². The van der Waals surface area contributed by atoms with E-state index in [-0.39, 0.29) is 0 Å². The molecule has 0 rings (SSSR count). The molecule has 3 nitrogen and oxygen atoms in total.